The van der Waals surface area contributed by atoms with Crippen LogP contribution in [0.15, 0.2) is 66.7 Å². The van der Waals surface area contributed by atoms with E-state index < -0.39 is 6.10 Å². The molecule has 2 unspecified atom stereocenters. The van der Waals surface area contributed by atoms with Crippen LogP contribution < -0.4 is 9.47 Å². The molecule has 2 atom stereocenters. The van der Waals surface area contributed by atoms with E-state index in [2.05, 4.69) is 0 Å². The van der Waals surface area contributed by atoms with E-state index >= 15 is 0 Å². The van der Waals surface area contributed by atoms with E-state index in [0.717, 1.165) is 33.4 Å². The highest BCUT2D eigenvalue weighted by Gasteiger charge is 2.33. The topological polar surface area (TPSA) is 77.4 Å². The molecule has 0 aliphatic carbocycles. The second kappa shape index (κ2) is 12.2. The number of fused-ring (bicyclic) bond motifs is 2. The summed E-state index contributed by atoms with van der Waals surface area (Å²) >= 11 is 0. The van der Waals surface area contributed by atoms with Gasteiger partial charge in [-0.15, -0.1) is 0 Å². The number of phenolic OH excluding ortho intramolecular Hbond substituents is 2. The highest BCUT2D eigenvalue weighted by molar-refractivity contribution is 5.83. The second-order valence-corrected chi connectivity index (χ2v) is 9.97. The Hall–Kier alpha value is -4.14. The van der Waals surface area contributed by atoms with Gasteiger partial charge in [0.05, 0.1) is 33.5 Å². The molecule has 8 heteroatoms. The Morgan fingerprint density at radius 3 is 2.12 bits per heavy atom. The van der Waals surface area contributed by atoms with Gasteiger partial charge < -0.3 is 29.2 Å². The van der Waals surface area contributed by atoms with Crippen LogP contribution in [0.5, 0.6) is 23.0 Å². The number of hydrogen-bond acceptors (Lipinski definition) is 6. The van der Waals surface area contributed by atoms with Crippen LogP contribution in [0, 0.1) is 11.6 Å². The van der Waals surface area contributed by atoms with Crippen LogP contribution in [0.1, 0.15) is 40.8 Å². The van der Waals surface area contributed by atoms with Gasteiger partial charge >= 0.3 is 0 Å². The number of ether oxygens (including phenoxy) is 4. The van der Waals surface area contributed by atoms with Crippen LogP contribution in [-0.2, 0) is 28.9 Å². The van der Waals surface area contributed by atoms with E-state index in [9.17, 15) is 19.0 Å². The van der Waals surface area contributed by atoms with E-state index in [-0.39, 0.29) is 35.8 Å². The molecule has 0 spiro atoms. The number of phenols is 2. The molecular formula is C33H32F2O6. The van der Waals surface area contributed by atoms with Crippen molar-refractivity contribution < 1.29 is 37.9 Å². The van der Waals surface area contributed by atoms with Gasteiger partial charge in [0, 0.05) is 22.8 Å². The standard InChI is InChI=1S/C27H27FO6.C6H5F/c1-14-10-18-19(11-21(29)26(30)20(18)13-34-14)24-17-8-9-33-27(15-4-6-16(28)7-5-15)25(17)23(32-3)12-22(24)31-2;7-6-4-2-1-3-5-6/h4-7,11-12,14,27,29-30H,8-10,13H2,1-3H3;1-5H. The largest absolute Gasteiger partial charge is 0.504 e. The third kappa shape index (κ3) is 5.71. The minimum Gasteiger partial charge on any atom is -0.504 e. The smallest absolute Gasteiger partial charge is 0.163 e. The molecule has 0 saturated heterocycles. The van der Waals surface area contributed by atoms with Gasteiger partial charge in [0.1, 0.15) is 29.2 Å². The van der Waals surface area contributed by atoms with Crippen molar-refractivity contribution in [3.8, 4) is 34.1 Å². The van der Waals surface area contributed by atoms with Gasteiger partial charge in [-0.2, -0.15) is 0 Å². The van der Waals surface area contributed by atoms with Gasteiger partial charge in [0.25, 0.3) is 0 Å². The van der Waals surface area contributed by atoms with E-state index in [1.54, 1.807) is 50.6 Å². The zero-order valence-electron chi connectivity index (χ0n) is 23.1. The molecule has 4 aromatic rings. The van der Waals surface area contributed by atoms with Crippen LogP contribution >= 0.6 is 0 Å². The monoisotopic (exact) mass is 562 g/mol. The third-order valence-corrected chi connectivity index (χ3v) is 7.42. The van der Waals surface area contributed by atoms with Crippen LogP contribution in [0.25, 0.3) is 11.1 Å². The van der Waals surface area contributed by atoms with Gasteiger partial charge in [-0.3, -0.25) is 0 Å². The number of rotatable bonds is 4. The number of aromatic hydroxyl groups is 2. The fourth-order valence-corrected chi connectivity index (χ4v) is 5.49. The summed E-state index contributed by atoms with van der Waals surface area (Å²) in [5.74, 6) is 0.354. The van der Waals surface area contributed by atoms with Crippen molar-refractivity contribution in [3.63, 3.8) is 0 Å². The van der Waals surface area contributed by atoms with Crippen molar-refractivity contribution in [2.24, 2.45) is 0 Å². The van der Waals surface area contributed by atoms with E-state index in [0.29, 0.717) is 36.5 Å². The Morgan fingerprint density at radius 1 is 0.805 bits per heavy atom. The molecule has 2 N–H and O–H groups in total. The molecule has 2 aliphatic rings. The molecule has 0 radical (unpaired) electrons. The second-order valence-electron chi connectivity index (χ2n) is 9.97. The molecule has 0 amide bonds. The minimum absolute atomic E-state index is 0.0365. The zero-order chi connectivity index (χ0) is 29.1. The lowest BCUT2D eigenvalue weighted by Crippen LogP contribution is -2.22. The maximum atomic E-state index is 13.6. The predicted molar refractivity (Wildman–Crippen MR) is 151 cm³/mol. The molecule has 6 rings (SSSR count). The molecular weight excluding hydrogens is 530 g/mol. The first kappa shape index (κ1) is 28.4. The fraction of sp³-hybridized carbons (Fsp3) is 0.273. The average molecular weight is 563 g/mol. The highest BCUT2D eigenvalue weighted by Crippen LogP contribution is 2.51. The number of benzene rings is 4. The van der Waals surface area contributed by atoms with Crippen molar-refractivity contribution in [1.82, 2.24) is 0 Å². The quantitative estimate of drug-likeness (QED) is 0.265. The van der Waals surface area contributed by atoms with Crippen molar-refractivity contribution >= 4 is 0 Å². The normalized spacial score (nSPS) is 17.5. The predicted octanol–water partition coefficient (Wildman–Crippen LogP) is 6.87. The van der Waals surface area contributed by atoms with Gasteiger partial charge in [-0.05, 0) is 72.4 Å². The molecule has 2 heterocycles. The maximum Gasteiger partial charge on any atom is 0.163 e. The Labute approximate surface area is 237 Å². The van der Waals surface area contributed by atoms with Crippen molar-refractivity contribution in [2.45, 2.75) is 38.6 Å². The lowest BCUT2D eigenvalue weighted by molar-refractivity contribution is 0.0396. The van der Waals surface area contributed by atoms with E-state index in [1.165, 1.54) is 24.3 Å². The molecule has 0 bridgehead atoms. The fourth-order valence-electron chi connectivity index (χ4n) is 5.49. The lowest BCUT2D eigenvalue weighted by atomic mass is 9.82. The molecule has 0 fully saturated rings. The average Bonchev–Trinajstić information content (AvgIpc) is 2.99. The summed E-state index contributed by atoms with van der Waals surface area (Å²) in [6, 6.07) is 17.6. The van der Waals surface area contributed by atoms with Gasteiger partial charge in [-0.25, -0.2) is 8.78 Å². The summed E-state index contributed by atoms with van der Waals surface area (Å²) in [4.78, 5) is 0. The first-order valence-electron chi connectivity index (χ1n) is 13.4. The van der Waals surface area contributed by atoms with Crippen molar-refractivity contribution in [2.75, 3.05) is 20.8 Å². The number of halogens is 2. The van der Waals surface area contributed by atoms with Gasteiger partial charge in [-0.1, -0.05) is 30.3 Å². The molecule has 0 aromatic heterocycles. The molecule has 41 heavy (non-hydrogen) atoms. The summed E-state index contributed by atoms with van der Waals surface area (Å²) < 4.78 is 49.0. The Morgan fingerprint density at radius 2 is 1.49 bits per heavy atom. The van der Waals surface area contributed by atoms with Crippen molar-refractivity contribution in [1.29, 1.82) is 0 Å². The first-order chi connectivity index (χ1) is 19.8. The minimum atomic E-state index is -0.451. The van der Waals surface area contributed by atoms with Crippen LogP contribution in [0.4, 0.5) is 8.78 Å². The summed E-state index contributed by atoms with van der Waals surface area (Å²) in [5.41, 5.74) is 5.76. The van der Waals surface area contributed by atoms with Gasteiger partial charge in [0.15, 0.2) is 11.5 Å². The van der Waals surface area contributed by atoms with E-state index in [4.69, 9.17) is 18.9 Å². The van der Waals surface area contributed by atoms with Crippen LogP contribution in [0.2, 0.25) is 0 Å². The first-order valence-corrected chi connectivity index (χ1v) is 13.4. The summed E-state index contributed by atoms with van der Waals surface area (Å²) in [6.45, 7) is 2.64. The van der Waals surface area contributed by atoms with E-state index in [1.807, 2.05) is 13.0 Å². The van der Waals surface area contributed by atoms with Crippen LogP contribution in [-0.4, -0.2) is 37.1 Å². The maximum absolute atomic E-state index is 13.6. The summed E-state index contributed by atoms with van der Waals surface area (Å²) in [6.07, 6.45) is 0.692. The number of methoxy groups -OCH3 is 2. The third-order valence-electron chi connectivity index (χ3n) is 7.42. The molecule has 6 nitrogen and oxygen atoms in total. The van der Waals surface area contributed by atoms with Crippen molar-refractivity contribution in [3.05, 3.63) is 106 Å². The SMILES string of the molecule is COc1cc(OC)c2c(c1-c1cc(O)c(O)c3c1CC(C)OC3)CCOC2c1ccc(F)cc1.Fc1ccccc1. The summed E-state index contributed by atoms with van der Waals surface area (Å²) in [7, 11) is 3.19. The zero-order valence-corrected chi connectivity index (χ0v) is 23.1. The number of hydrogen-bond donors (Lipinski definition) is 2. The molecule has 214 valence electrons. The molecule has 4 aromatic carbocycles. The Kier molecular flexibility index (Phi) is 8.42. The summed E-state index contributed by atoms with van der Waals surface area (Å²) in [5, 5.41) is 21.1. The molecule has 2 aliphatic heterocycles. The molecule has 0 saturated carbocycles. The Bertz CT molecular complexity index is 1520. The highest BCUT2D eigenvalue weighted by atomic mass is 19.1. The Balaban J connectivity index is 0.000000423. The lowest BCUT2D eigenvalue weighted by Gasteiger charge is -2.32. The van der Waals surface area contributed by atoms with Gasteiger partial charge in [0.2, 0.25) is 0 Å². The van der Waals surface area contributed by atoms with Crippen LogP contribution in [0.3, 0.4) is 0 Å².